The molecule has 0 aromatic rings. The van der Waals surface area contributed by atoms with Gasteiger partial charge in [-0.25, -0.2) is 8.42 Å². The van der Waals surface area contributed by atoms with Crippen molar-refractivity contribution in [2.75, 3.05) is 24.6 Å². The average molecular weight is 191 g/mol. The molecular weight excluding hydrogens is 174 g/mol. The Kier molecular flexibility index (Phi) is 6.02. The third-order valence-corrected chi connectivity index (χ3v) is 3.26. The quantitative estimate of drug-likeness (QED) is 0.473. The first kappa shape index (κ1) is 11.6. The smallest absolute Gasteiger partial charge is 0.151 e. The molecule has 0 spiro atoms. The molecule has 0 amide bonds. The summed E-state index contributed by atoms with van der Waals surface area (Å²) in [7, 11) is -2.80. The van der Waals surface area contributed by atoms with E-state index in [0.717, 1.165) is 13.0 Å². The van der Waals surface area contributed by atoms with E-state index in [4.69, 9.17) is 0 Å². The molecule has 1 N–H and O–H groups in total. The molecule has 0 aliphatic heterocycles. The van der Waals surface area contributed by atoms with Crippen molar-refractivity contribution in [2.45, 2.75) is 13.3 Å². The van der Waals surface area contributed by atoms with E-state index in [9.17, 15) is 8.42 Å². The lowest BCUT2D eigenvalue weighted by Crippen LogP contribution is -2.24. The molecule has 0 fully saturated rings. The fraction of sp³-hybridized carbons (Fsp3) is 0.750. The maximum absolute atomic E-state index is 11.0. The monoisotopic (exact) mass is 191 g/mol. The predicted molar refractivity (Wildman–Crippen MR) is 52.0 cm³/mol. The molecule has 0 aliphatic rings. The molecule has 4 heteroatoms. The number of rotatable bonds is 7. The maximum atomic E-state index is 11.0. The SMILES string of the molecule is C=CCCNCCS(=O)(=O)CC. The highest BCUT2D eigenvalue weighted by Crippen LogP contribution is 1.86. The molecule has 0 aromatic carbocycles. The van der Waals surface area contributed by atoms with E-state index in [1.807, 2.05) is 0 Å². The summed E-state index contributed by atoms with van der Waals surface area (Å²) in [6, 6.07) is 0. The Morgan fingerprint density at radius 1 is 1.42 bits per heavy atom. The molecule has 0 rings (SSSR count). The van der Waals surface area contributed by atoms with Crippen LogP contribution in [0.15, 0.2) is 12.7 Å². The summed E-state index contributed by atoms with van der Waals surface area (Å²) in [5.41, 5.74) is 0. The predicted octanol–water partition coefficient (Wildman–Crippen LogP) is 0.587. The van der Waals surface area contributed by atoms with Crippen molar-refractivity contribution in [3.63, 3.8) is 0 Å². The van der Waals surface area contributed by atoms with Gasteiger partial charge in [-0.05, 0) is 13.0 Å². The van der Waals surface area contributed by atoms with Crippen LogP contribution in [0.25, 0.3) is 0 Å². The van der Waals surface area contributed by atoms with Crippen LogP contribution >= 0.6 is 0 Å². The molecule has 0 radical (unpaired) electrons. The number of sulfone groups is 1. The van der Waals surface area contributed by atoms with Crippen LogP contribution < -0.4 is 5.32 Å². The Morgan fingerprint density at radius 2 is 2.08 bits per heavy atom. The molecular formula is C8H17NO2S. The van der Waals surface area contributed by atoms with Crippen LogP contribution in [0.3, 0.4) is 0 Å². The van der Waals surface area contributed by atoms with Gasteiger partial charge in [0.05, 0.1) is 5.75 Å². The molecule has 0 aromatic heterocycles. The zero-order valence-corrected chi connectivity index (χ0v) is 8.36. The summed E-state index contributed by atoms with van der Waals surface area (Å²) in [6.45, 7) is 6.58. The lowest BCUT2D eigenvalue weighted by atomic mass is 10.4. The molecule has 3 nitrogen and oxygen atoms in total. The van der Waals surface area contributed by atoms with Gasteiger partial charge in [0.1, 0.15) is 0 Å². The minimum atomic E-state index is -2.80. The second-order valence-corrected chi connectivity index (χ2v) is 5.04. The topological polar surface area (TPSA) is 46.2 Å². The van der Waals surface area contributed by atoms with Crippen LogP contribution in [-0.2, 0) is 9.84 Å². The van der Waals surface area contributed by atoms with Gasteiger partial charge in [0.25, 0.3) is 0 Å². The first-order valence-electron chi connectivity index (χ1n) is 4.14. The zero-order valence-electron chi connectivity index (χ0n) is 7.54. The minimum Gasteiger partial charge on any atom is -0.315 e. The van der Waals surface area contributed by atoms with Crippen LogP contribution in [-0.4, -0.2) is 33.0 Å². The average Bonchev–Trinajstić information content (AvgIpc) is 2.04. The summed E-state index contributed by atoms with van der Waals surface area (Å²) in [6.07, 6.45) is 2.69. The highest BCUT2D eigenvalue weighted by Gasteiger charge is 2.04. The Morgan fingerprint density at radius 3 is 2.58 bits per heavy atom. The molecule has 0 atom stereocenters. The third-order valence-electron chi connectivity index (χ3n) is 1.55. The van der Waals surface area contributed by atoms with Crippen molar-refractivity contribution in [3.8, 4) is 0 Å². The van der Waals surface area contributed by atoms with Crippen molar-refractivity contribution in [1.82, 2.24) is 5.32 Å². The van der Waals surface area contributed by atoms with Gasteiger partial charge >= 0.3 is 0 Å². The van der Waals surface area contributed by atoms with Gasteiger partial charge in [-0.15, -0.1) is 6.58 Å². The largest absolute Gasteiger partial charge is 0.315 e. The van der Waals surface area contributed by atoms with E-state index in [0.29, 0.717) is 6.54 Å². The normalized spacial score (nSPS) is 11.4. The lowest BCUT2D eigenvalue weighted by molar-refractivity contribution is 0.592. The number of nitrogens with one attached hydrogen (secondary N) is 1. The third kappa shape index (κ3) is 6.37. The van der Waals surface area contributed by atoms with Crippen LogP contribution in [0, 0.1) is 0 Å². The van der Waals surface area contributed by atoms with Gasteiger partial charge < -0.3 is 5.32 Å². The van der Waals surface area contributed by atoms with E-state index >= 15 is 0 Å². The Hall–Kier alpha value is -0.350. The maximum Gasteiger partial charge on any atom is 0.151 e. The van der Waals surface area contributed by atoms with Crippen molar-refractivity contribution in [2.24, 2.45) is 0 Å². The summed E-state index contributed by atoms with van der Waals surface area (Å²) in [4.78, 5) is 0. The van der Waals surface area contributed by atoms with Crippen LogP contribution in [0.5, 0.6) is 0 Å². The van der Waals surface area contributed by atoms with Gasteiger partial charge in [-0.1, -0.05) is 13.0 Å². The highest BCUT2D eigenvalue weighted by atomic mass is 32.2. The molecule has 0 bridgehead atoms. The Bertz CT molecular complexity index is 209. The molecule has 72 valence electrons. The minimum absolute atomic E-state index is 0.232. The fourth-order valence-electron chi connectivity index (χ4n) is 0.701. The zero-order chi connectivity index (χ0) is 9.45. The fourth-order valence-corrected chi connectivity index (χ4v) is 1.45. The van der Waals surface area contributed by atoms with E-state index in [1.54, 1.807) is 13.0 Å². The van der Waals surface area contributed by atoms with E-state index < -0.39 is 9.84 Å². The second kappa shape index (κ2) is 6.20. The Balaban J connectivity index is 3.37. The summed E-state index contributed by atoms with van der Waals surface area (Å²) in [5, 5.41) is 3.03. The molecule has 12 heavy (non-hydrogen) atoms. The highest BCUT2D eigenvalue weighted by molar-refractivity contribution is 7.91. The van der Waals surface area contributed by atoms with Crippen molar-refractivity contribution in [3.05, 3.63) is 12.7 Å². The first-order valence-corrected chi connectivity index (χ1v) is 5.96. The van der Waals surface area contributed by atoms with E-state index in [1.165, 1.54) is 0 Å². The van der Waals surface area contributed by atoms with Gasteiger partial charge in [-0.3, -0.25) is 0 Å². The first-order chi connectivity index (χ1) is 5.62. The van der Waals surface area contributed by atoms with Crippen molar-refractivity contribution in [1.29, 1.82) is 0 Å². The van der Waals surface area contributed by atoms with Gasteiger partial charge in [0.15, 0.2) is 9.84 Å². The van der Waals surface area contributed by atoms with Crippen LogP contribution in [0.4, 0.5) is 0 Å². The molecule has 0 heterocycles. The van der Waals surface area contributed by atoms with E-state index in [-0.39, 0.29) is 11.5 Å². The number of hydrogen-bond acceptors (Lipinski definition) is 3. The molecule has 0 unspecified atom stereocenters. The lowest BCUT2D eigenvalue weighted by Gasteiger charge is -2.02. The van der Waals surface area contributed by atoms with Gasteiger partial charge in [0.2, 0.25) is 0 Å². The van der Waals surface area contributed by atoms with Crippen molar-refractivity contribution < 1.29 is 8.42 Å². The summed E-state index contributed by atoms with van der Waals surface area (Å²) < 4.78 is 21.9. The Labute approximate surface area is 74.8 Å². The summed E-state index contributed by atoms with van der Waals surface area (Å²) in [5.74, 6) is 0.469. The standard InChI is InChI=1S/C8H17NO2S/c1-3-5-6-9-7-8-12(10,11)4-2/h3,9H,1,4-8H2,2H3. The molecule has 0 aliphatic carbocycles. The molecule has 0 saturated heterocycles. The van der Waals surface area contributed by atoms with Gasteiger partial charge in [0, 0.05) is 12.3 Å². The van der Waals surface area contributed by atoms with Gasteiger partial charge in [-0.2, -0.15) is 0 Å². The van der Waals surface area contributed by atoms with Crippen LogP contribution in [0.2, 0.25) is 0 Å². The van der Waals surface area contributed by atoms with Crippen molar-refractivity contribution >= 4 is 9.84 Å². The molecule has 0 saturated carbocycles. The van der Waals surface area contributed by atoms with E-state index in [2.05, 4.69) is 11.9 Å². The number of hydrogen-bond donors (Lipinski definition) is 1. The second-order valence-electron chi connectivity index (χ2n) is 2.56. The summed E-state index contributed by atoms with van der Waals surface area (Å²) >= 11 is 0. The van der Waals surface area contributed by atoms with Crippen LogP contribution in [0.1, 0.15) is 13.3 Å².